The average molecular weight is 677 g/mol. The minimum atomic E-state index is 0.553. The van der Waals surface area contributed by atoms with E-state index in [1.165, 1.54) is 32.3 Å². The Bertz CT molecular complexity index is 3230. The molecule has 0 spiro atoms. The smallest absolute Gasteiger partial charge is 0.167 e. The van der Waals surface area contributed by atoms with Crippen molar-refractivity contribution in [3.63, 3.8) is 0 Å². The van der Waals surface area contributed by atoms with Crippen molar-refractivity contribution in [1.29, 1.82) is 0 Å². The molecule has 3 heterocycles. The van der Waals surface area contributed by atoms with E-state index < -0.39 is 0 Å². The van der Waals surface area contributed by atoms with Crippen molar-refractivity contribution >= 4 is 65.0 Å². The Morgan fingerprint density at radius 1 is 0.340 bits per heavy atom. The van der Waals surface area contributed by atoms with Crippen LogP contribution in [0.25, 0.3) is 110 Å². The molecule has 0 aliphatic carbocycles. The van der Waals surface area contributed by atoms with Crippen molar-refractivity contribution in [2.45, 2.75) is 0 Å². The van der Waals surface area contributed by atoms with Gasteiger partial charge in [-0.2, -0.15) is 0 Å². The second-order valence-electron chi connectivity index (χ2n) is 13.4. The molecule has 0 radical (unpaired) electrons. The highest BCUT2D eigenvalue weighted by atomic mass is 16.3. The third-order valence-electron chi connectivity index (χ3n) is 10.4. The second-order valence-corrected chi connectivity index (χ2v) is 13.4. The van der Waals surface area contributed by atoms with Crippen LogP contribution >= 0.6 is 0 Å². The van der Waals surface area contributed by atoms with Gasteiger partial charge in [0, 0.05) is 34.3 Å². The predicted molar refractivity (Wildman–Crippen MR) is 217 cm³/mol. The summed E-state index contributed by atoms with van der Waals surface area (Å²) in [6.45, 7) is 0. The summed E-state index contributed by atoms with van der Waals surface area (Å²) in [5.41, 5.74) is 6.36. The Hall–Kier alpha value is -7.24. The molecule has 0 saturated carbocycles. The van der Waals surface area contributed by atoms with E-state index in [0.29, 0.717) is 17.5 Å². The molecule has 246 valence electrons. The monoisotopic (exact) mass is 676 g/mol. The molecule has 3 aromatic heterocycles. The van der Waals surface area contributed by atoms with Gasteiger partial charge in [0.25, 0.3) is 0 Å². The number of hydrogen-bond donors (Lipinski definition) is 0. The Kier molecular flexibility index (Phi) is 6.48. The third-order valence-corrected chi connectivity index (χ3v) is 10.4. The molecule has 0 fully saturated rings. The minimum absolute atomic E-state index is 0.553. The maximum absolute atomic E-state index is 6.84. The van der Waals surface area contributed by atoms with Crippen molar-refractivity contribution in [2.24, 2.45) is 0 Å². The molecule has 0 atom stereocenters. The van der Waals surface area contributed by atoms with Crippen LogP contribution in [-0.4, -0.2) is 19.9 Å². The van der Waals surface area contributed by atoms with Gasteiger partial charge < -0.3 is 4.42 Å². The molecule has 5 heteroatoms. The fourth-order valence-electron chi connectivity index (χ4n) is 7.92. The summed E-state index contributed by atoms with van der Waals surface area (Å²) >= 11 is 0. The lowest BCUT2D eigenvalue weighted by atomic mass is 9.93. The average Bonchev–Trinajstić information content (AvgIpc) is 3.61. The number of nitrogens with zero attached hydrogens (tertiary/aromatic N) is 4. The number of benzene rings is 8. The molecule has 0 N–H and O–H groups in total. The second kappa shape index (κ2) is 11.7. The first-order valence-corrected chi connectivity index (χ1v) is 17.7. The van der Waals surface area contributed by atoms with Gasteiger partial charge in [-0.3, -0.25) is 4.98 Å². The van der Waals surface area contributed by atoms with Crippen molar-refractivity contribution < 1.29 is 4.42 Å². The van der Waals surface area contributed by atoms with Crippen LogP contribution in [0.5, 0.6) is 0 Å². The number of rotatable bonds is 4. The fraction of sp³-hybridized carbons (Fsp3) is 0. The SMILES string of the molecule is c1cc(-c2ccncc2)cc(-c2nc(-c3cccc4ccccc34)nc(-c3cccc4c3oc3cc5c6ccccc6c6ccccc6c5cc34)n2)c1. The molecule has 0 aliphatic rings. The summed E-state index contributed by atoms with van der Waals surface area (Å²) < 4.78 is 6.84. The van der Waals surface area contributed by atoms with Crippen LogP contribution in [0.4, 0.5) is 0 Å². The summed E-state index contributed by atoms with van der Waals surface area (Å²) in [5, 5.41) is 11.6. The van der Waals surface area contributed by atoms with Crippen molar-refractivity contribution in [3.8, 4) is 45.3 Å². The number of pyridine rings is 1. The van der Waals surface area contributed by atoms with Crippen LogP contribution in [0.15, 0.2) is 175 Å². The van der Waals surface area contributed by atoms with Crippen LogP contribution < -0.4 is 0 Å². The Morgan fingerprint density at radius 2 is 0.887 bits per heavy atom. The Labute approximate surface area is 303 Å². The molecule has 53 heavy (non-hydrogen) atoms. The van der Waals surface area contributed by atoms with E-state index in [9.17, 15) is 0 Å². The number of aromatic nitrogens is 4. The standard InChI is InChI=1S/C48H28N4O/c1-2-14-33-30(10-1)11-8-20-39(33)47-50-46(32-13-7-12-31(26-32)29-22-24-49-25-23-29)51-48(52-47)40-21-9-19-38-43-27-41-36-17-5-3-15-34(36)35-16-4-6-18-37(35)42(41)28-44(43)53-45(38)40/h1-28H. The van der Waals surface area contributed by atoms with E-state index in [1.807, 2.05) is 30.6 Å². The van der Waals surface area contributed by atoms with Gasteiger partial charge in [-0.25, -0.2) is 15.0 Å². The molecule has 11 aromatic rings. The molecule has 11 rings (SSSR count). The largest absolute Gasteiger partial charge is 0.455 e. The Morgan fingerprint density at radius 3 is 1.66 bits per heavy atom. The fourth-order valence-corrected chi connectivity index (χ4v) is 7.92. The summed E-state index contributed by atoms with van der Waals surface area (Å²) in [7, 11) is 0. The van der Waals surface area contributed by atoms with Crippen molar-refractivity contribution in [1.82, 2.24) is 19.9 Å². The van der Waals surface area contributed by atoms with Crippen molar-refractivity contribution in [3.05, 3.63) is 170 Å². The summed E-state index contributed by atoms with van der Waals surface area (Å²) in [6, 6.07) is 55.0. The van der Waals surface area contributed by atoms with Crippen LogP contribution in [0.3, 0.4) is 0 Å². The number of furan rings is 1. The van der Waals surface area contributed by atoms with Crippen LogP contribution in [0, 0.1) is 0 Å². The van der Waals surface area contributed by atoms with Gasteiger partial charge in [-0.05, 0) is 90.6 Å². The maximum Gasteiger partial charge on any atom is 0.167 e. The van der Waals surface area contributed by atoms with Crippen molar-refractivity contribution in [2.75, 3.05) is 0 Å². The summed E-state index contributed by atoms with van der Waals surface area (Å²) in [6.07, 6.45) is 3.62. The van der Waals surface area contributed by atoms with Crippen LogP contribution in [0.1, 0.15) is 0 Å². The van der Waals surface area contributed by atoms with Gasteiger partial charge in [-0.1, -0.05) is 121 Å². The van der Waals surface area contributed by atoms with Crippen LogP contribution in [0.2, 0.25) is 0 Å². The lowest BCUT2D eigenvalue weighted by Crippen LogP contribution is -2.01. The zero-order valence-electron chi connectivity index (χ0n) is 28.4. The zero-order chi connectivity index (χ0) is 34.9. The number of fused-ring (bicyclic) bond motifs is 10. The topological polar surface area (TPSA) is 64.7 Å². The normalized spacial score (nSPS) is 11.8. The zero-order valence-corrected chi connectivity index (χ0v) is 28.4. The number of para-hydroxylation sites is 1. The highest BCUT2D eigenvalue weighted by Crippen LogP contribution is 2.42. The van der Waals surface area contributed by atoms with Gasteiger partial charge in [0.2, 0.25) is 0 Å². The molecule has 8 aromatic carbocycles. The molecule has 0 amide bonds. The van der Waals surface area contributed by atoms with E-state index in [0.717, 1.165) is 60.5 Å². The van der Waals surface area contributed by atoms with Gasteiger partial charge in [0.15, 0.2) is 17.5 Å². The highest BCUT2D eigenvalue weighted by molar-refractivity contribution is 6.28. The highest BCUT2D eigenvalue weighted by Gasteiger charge is 2.20. The molecule has 0 aliphatic heterocycles. The van der Waals surface area contributed by atoms with Gasteiger partial charge in [0.1, 0.15) is 11.2 Å². The van der Waals surface area contributed by atoms with E-state index in [-0.39, 0.29) is 0 Å². The molecule has 0 unspecified atom stereocenters. The predicted octanol–water partition coefficient (Wildman–Crippen LogP) is 12.4. The van der Waals surface area contributed by atoms with E-state index in [4.69, 9.17) is 19.4 Å². The van der Waals surface area contributed by atoms with Gasteiger partial charge >= 0.3 is 0 Å². The van der Waals surface area contributed by atoms with E-state index in [1.54, 1.807) is 0 Å². The molecular formula is C48H28N4O. The number of hydrogen-bond acceptors (Lipinski definition) is 5. The lowest BCUT2D eigenvalue weighted by Gasteiger charge is -2.11. The van der Waals surface area contributed by atoms with Gasteiger partial charge in [-0.15, -0.1) is 0 Å². The Balaban J connectivity index is 1.17. The summed E-state index contributed by atoms with van der Waals surface area (Å²) in [5.74, 6) is 1.75. The molecule has 0 saturated heterocycles. The summed E-state index contributed by atoms with van der Waals surface area (Å²) in [4.78, 5) is 19.7. The first-order valence-electron chi connectivity index (χ1n) is 17.7. The first kappa shape index (κ1) is 29.5. The van der Waals surface area contributed by atoms with E-state index >= 15 is 0 Å². The molecular weight excluding hydrogens is 649 g/mol. The molecule has 5 nitrogen and oxygen atoms in total. The third kappa shape index (κ3) is 4.71. The molecule has 0 bridgehead atoms. The maximum atomic E-state index is 6.84. The van der Waals surface area contributed by atoms with E-state index in [2.05, 4.69) is 145 Å². The quantitative estimate of drug-likeness (QED) is 0.174. The van der Waals surface area contributed by atoms with Gasteiger partial charge in [0.05, 0.1) is 5.56 Å². The van der Waals surface area contributed by atoms with Crippen LogP contribution in [-0.2, 0) is 0 Å². The first-order chi connectivity index (χ1) is 26.3. The lowest BCUT2D eigenvalue weighted by molar-refractivity contribution is 0.670. The minimum Gasteiger partial charge on any atom is -0.455 e.